The molecule has 0 unspecified atom stereocenters. The van der Waals surface area contributed by atoms with E-state index in [1.165, 1.54) is 5.56 Å². The summed E-state index contributed by atoms with van der Waals surface area (Å²) >= 11 is 0. The van der Waals surface area contributed by atoms with Crippen molar-refractivity contribution in [3.05, 3.63) is 23.7 Å². The minimum absolute atomic E-state index is 0.493. The molecule has 0 spiro atoms. The predicted octanol–water partition coefficient (Wildman–Crippen LogP) is 2.88. The number of nitrogens with one attached hydrogen (secondary N) is 1. The Morgan fingerprint density at radius 3 is 2.65 bits per heavy atom. The molecule has 1 N–H and O–H groups in total. The zero-order valence-electron chi connectivity index (χ0n) is 13.6. The molecule has 1 rings (SSSR count). The molecule has 20 heavy (non-hydrogen) atoms. The van der Waals surface area contributed by atoms with Crippen molar-refractivity contribution in [1.82, 2.24) is 10.2 Å². The van der Waals surface area contributed by atoms with Gasteiger partial charge in [0.05, 0.1) is 19.4 Å². The third-order valence-electron chi connectivity index (χ3n) is 3.04. The smallest absolute Gasteiger partial charge is 0.118 e. The third-order valence-corrected chi connectivity index (χ3v) is 3.04. The van der Waals surface area contributed by atoms with Gasteiger partial charge in [0.25, 0.3) is 0 Å². The van der Waals surface area contributed by atoms with Crippen molar-refractivity contribution in [2.75, 3.05) is 26.8 Å². The SMILES string of the molecule is COCCN(Cc1cc(CNC(C)C)co1)CC(C)C. The zero-order chi connectivity index (χ0) is 15.0. The first-order valence-electron chi connectivity index (χ1n) is 7.52. The summed E-state index contributed by atoms with van der Waals surface area (Å²) in [6.07, 6.45) is 1.86. The number of nitrogens with zero attached hydrogens (tertiary/aromatic N) is 1. The van der Waals surface area contributed by atoms with Crippen LogP contribution >= 0.6 is 0 Å². The summed E-state index contributed by atoms with van der Waals surface area (Å²) < 4.78 is 10.8. The van der Waals surface area contributed by atoms with Gasteiger partial charge in [0, 0.05) is 38.3 Å². The first-order chi connectivity index (χ1) is 9.51. The van der Waals surface area contributed by atoms with Crippen LogP contribution in [-0.2, 0) is 17.8 Å². The Kier molecular flexibility index (Phi) is 7.88. The molecule has 0 aliphatic rings. The molecule has 0 radical (unpaired) electrons. The predicted molar refractivity (Wildman–Crippen MR) is 82.7 cm³/mol. The molecule has 4 heteroatoms. The Balaban J connectivity index is 2.50. The molecule has 4 nitrogen and oxygen atoms in total. The zero-order valence-corrected chi connectivity index (χ0v) is 13.6. The van der Waals surface area contributed by atoms with Crippen LogP contribution in [0.4, 0.5) is 0 Å². The number of furan rings is 1. The van der Waals surface area contributed by atoms with Crippen LogP contribution in [0.25, 0.3) is 0 Å². The minimum Gasteiger partial charge on any atom is -0.468 e. The summed E-state index contributed by atoms with van der Waals surface area (Å²) in [5.41, 5.74) is 1.21. The van der Waals surface area contributed by atoms with Crippen LogP contribution < -0.4 is 5.32 Å². The highest BCUT2D eigenvalue weighted by molar-refractivity contribution is 5.12. The molecule has 0 saturated carbocycles. The highest BCUT2D eigenvalue weighted by atomic mass is 16.5. The summed E-state index contributed by atoms with van der Waals surface area (Å²) in [5, 5.41) is 3.40. The molecule has 0 saturated heterocycles. The van der Waals surface area contributed by atoms with Crippen LogP contribution in [0.1, 0.15) is 39.0 Å². The van der Waals surface area contributed by atoms with E-state index in [9.17, 15) is 0 Å². The first-order valence-corrected chi connectivity index (χ1v) is 7.52. The molecule has 0 aromatic carbocycles. The molecule has 1 aromatic heterocycles. The average molecular weight is 282 g/mol. The molecule has 1 heterocycles. The molecular weight excluding hydrogens is 252 g/mol. The Bertz CT molecular complexity index is 361. The van der Waals surface area contributed by atoms with Crippen molar-refractivity contribution < 1.29 is 9.15 Å². The van der Waals surface area contributed by atoms with Gasteiger partial charge in [-0.25, -0.2) is 0 Å². The van der Waals surface area contributed by atoms with Crippen LogP contribution in [0.15, 0.2) is 16.7 Å². The van der Waals surface area contributed by atoms with Crippen molar-refractivity contribution in [2.24, 2.45) is 5.92 Å². The Morgan fingerprint density at radius 1 is 1.30 bits per heavy atom. The maximum Gasteiger partial charge on any atom is 0.118 e. The van der Waals surface area contributed by atoms with Crippen LogP contribution in [0.3, 0.4) is 0 Å². The molecular formula is C16H30N2O2. The van der Waals surface area contributed by atoms with Crippen molar-refractivity contribution >= 4 is 0 Å². The third kappa shape index (κ3) is 7.08. The highest BCUT2D eigenvalue weighted by Gasteiger charge is 2.11. The van der Waals surface area contributed by atoms with Crippen LogP contribution in [-0.4, -0.2) is 37.7 Å². The highest BCUT2D eigenvalue weighted by Crippen LogP contribution is 2.12. The van der Waals surface area contributed by atoms with Gasteiger partial charge in [0.1, 0.15) is 5.76 Å². The van der Waals surface area contributed by atoms with Crippen LogP contribution in [0.5, 0.6) is 0 Å². The van der Waals surface area contributed by atoms with E-state index in [1.54, 1.807) is 7.11 Å². The van der Waals surface area contributed by atoms with E-state index in [0.29, 0.717) is 12.0 Å². The molecule has 1 aromatic rings. The van der Waals surface area contributed by atoms with E-state index in [2.05, 4.69) is 44.0 Å². The minimum atomic E-state index is 0.493. The number of hydrogen-bond acceptors (Lipinski definition) is 4. The summed E-state index contributed by atoms with van der Waals surface area (Å²) in [6, 6.07) is 2.64. The summed E-state index contributed by atoms with van der Waals surface area (Å²) in [4.78, 5) is 2.38. The summed E-state index contributed by atoms with van der Waals surface area (Å²) in [5.74, 6) is 1.67. The van der Waals surface area contributed by atoms with E-state index >= 15 is 0 Å². The molecule has 0 amide bonds. The number of ether oxygens (including phenoxy) is 1. The Labute approximate surface area is 123 Å². The van der Waals surface area contributed by atoms with Gasteiger partial charge >= 0.3 is 0 Å². The van der Waals surface area contributed by atoms with Crippen molar-refractivity contribution in [2.45, 2.75) is 46.8 Å². The quantitative estimate of drug-likeness (QED) is 0.716. The van der Waals surface area contributed by atoms with Gasteiger partial charge in [0.15, 0.2) is 0 Å². The fourth-order valence-corrected chi connectivity index (χ4v) is 2.12. The lowest BCUT2D eigenvalue weighted by Crippen LogP contribution is -2.30. The van der Waals surface area contributed by atoms with Gasteiger partial charge in [-0.2, -0.15) is 0 Å². The van der Waals surface area contributed by atoms with Gasteiger partial charge in [-0.3, -0.25) is 4.90 Å². The fraction of sp³-hybridized carbons (Fsp3) is 0.750. The second-order valence-corrected chi connectivity index (χ2v) is 6.08. The maximum atomic E-state index is 5.67. The first kappa shape index (κ1) is 17.2. The topological polar surface area (TPSA) is 37.6 Å². The second kappa shape index (κ2) is 9.16. The molecule has 0 bridgehead atoms. The number of rotatable bonds is 10. The van der Waals surface area contributed by atoms with Gasteiger partial charge in [-0.05, 0) is 12.0 Å². The summed E-state index contributed by atoms with van der Waals surface area (Å²) in [7, 11) is 1.75. The normalized spacial score (nSPS) is 12.0. The lowest BCUT2D eigenvalue weighted by Gasteiger charge is -2.22. The van der Waals surface area contributed by atoms with Gasteiger partial charge < -0.3 is 14.5 Å². The lowest BCUT2D eigenvalue weighted by atomic mass is 10.2. The summed E-state index contributed by atoms with van der Waals surface area (Å²) in [6.45, 7) is 13.2. The standard InChI is InChI=1S/C16H30N2O2/c1-13(2)10-18(6-7-19-5)11-16-8-15(12-20-16)9-17-14(3)4/h8,12-14,17H,6-7,9-11H2,1-5H3. The van der Waals surface area contributed by atoms with E-state index < -0.39 is 0 Å². The van der Waals surface area contributed by atoms with E-state index in [-0.39, 0.29) is 0 Å². The molecule has 0 aliphatic carbocycles. The van der Waals surface area contributed by atoms with Crippen molar-refractivity contribution in [3.63, 3.8) is 0 Å². The molecule has 0 fully saturated rings. The molecule has 0 atom stereocenters. The number of hydrogen-bond donors (Lipinski definition) is 1. The van der Waals surface area contributed by atoms with E-state index in [1.807, 2.05) is 6.26 Å². The van der Waals surface area contributed by atoms with Crippen molar-refractivity contribution in [1.29, 1.82) is 0 Å². The Hall–Kier alpha value is -0.840. The van der Waals surface area contributed by atoms with Gasteiger partial charge in [-0.1, -0.05) is 27.7 Å². The number of methoxy groups -OCH3 is 1. The Morgan fingerprint density at radius 2 is 2.05 bits per heavy atom. The lowest BCUT2D eigenvalue weighted by molar-refractivity contribution is 0.131. The van der Waals surface area contributed by atoms with Gasteiger partial charge in [-0.15, -0.1) is 0 Å². The maximum absolute atomic E-state index is 5.67. The monoisotopic (exact) mass is 282 g/mol. The second-order valence-electron chi connectivity index (χ2n) is 6.08. The van der Waals surface area contributed by atoms with Gasteiger partial charge in [0.2, 0.25) is 0 Å². The molecule has 116 valence electrons. The molecule has 0 aliphatic heterocycles. The van der Waals surface area contributed by atoms with E-state index in [4.69, 9.17) is 9.15 Å². The largest absolute Gasteiger partial charge is 0.468 e. The van der Waals surface area contributed by atoms with E-state index in [0.717, 1.165) is 38.5 Å². The van der Waals surface area contributed by atoms with Crippen LogP contribution in [0, 0.1) is 5.92 Å². The van der Waals surface area contributed by atoms with Crippen LogP contribution in [0.2, 0.25) is 0 Å². The average Bonchev–Trinajstić information content (AvgIpc) is 2.80. The van der Waals surface area contributed by atoms with Crippen molar-refractivity contribution in [3.8, 4) is 0 Å². The fourth-order valence-electron chi connectivity index (χ4n) is 2.12.